The number of ether oxygens (including phenoxy) is 1. The number of non-ortho nitro benzene ring substituents is 1. The van der Waals surface area contributed by atoms with Crippen molar-refractivity contribution >= 4 is 51.7 Å². The van der Waals surface area contributed by atoms with Gasteiger partial charge in [0.1, 0.15) is 5.75 Å². The van der Waals surface area contributed by atoms with E-state index in [-0.39, 0.29) is 11.6 Å². The van der Waals surface area contributed by atoms with E-state index in [2.05, 4.69) is 0 Å². The Morgan fingerprint density at radius 3 is 2.60 bits per heavy atom. The lowest BCUT2D eigenvalue weighted by Gasteiger charge is -2.14. The third-order valence-electron chi connectivity index (χ3n) is 3.50. The molecule has 1 aliphatic heterocycles. The number of amides is 1. The predicted octanol–water partition coefficient (Wildman–Crippen LogP) is 4.01. The molecule has 1 saturated heterocycles. The Hall–Kier alpha value is -2.71. The number of rotatable bonds is 4. The van der Waals surface area contributed by atoms with Gasteiger partial charge in [-0.2, -0.15) is 0 Å². The number of carbonyl (C=O) groups is 1. The summed E-state index contributed by atoms with van der Waals surface area (Å²) in [6, 6.07) is 13.1. The molecular weight excluding hydrogens is 360 g/mol. The molecule has 25 heavy (non-hydrogen) atoms. The average molecular weight is 372 g/mol. The van der Waals surface area contributed by atoms with E-state index in [1.54, 1.807) is 49.6 Å². The monoisotopic (exact) mass is 372 g/mol. The summed E-state index contributed by atoms with van der Waals surface area (Å²) in [6.45, 7) is 0. The SMILES string of the molecule is COc1ccc(N2C(=O)/C(=C/c3cccc([N+](=O)[O-])c3)SC2=S)cc1. The number of carbonyl (C=O) groups excluding carboxylic acids is 1. The molecule has 2 aromatic rings. The number of benzene rings is 2. The van der Waals surface area contributed by atoms with Crippen molar-refractivity contribution in [2.45, 2.75) is 0 Å². The Balaban J connectivity index is 1.90. The molecule has 1 heterocycles. The molecule has 0 N–H and O–H groups in total. The van der Waals surface area contributed by atoms with Gasteiger partial charge in [0.15, 0.2) is 4.32 Å². The molecule has 0 unspecified atom stereocenters. The number of nitro groups is 1. The molecule has 0 bridgehead atoms. The summed E-state index contributed by atoms with van der Waals surface area (Å²) < 4.78 is 5.52. The van der Waals surface area contributed by atoms with Crippen LogP contribution in [-0.2, 0) is 4.79 Å². The maximum atomic E-state index is 12.7. The summed E-state index contributed by atoms with van der Waals surface area (Å²) in [5.41, 5.74) is 1.19. The molecule has 1 aliphatic rings. The normalized spacial score (nSPS) is 15.7. The van der Waals surface area contributed by atoms with Gasteiger partial charge in [-0.25, -0.2) is 0 Å². The molecule has 0 aromatic heterocycles. The van der Waals surface area contributed by atoms with Crippen LogP contribution in [0.2, 0.25) is 0 Å². The molecule has 0 atom stereocenters. The molecular formula is C17H12N2O4S2. The van der Waals surface area contributed by atoms with Crippen LogP contribution in [0.4, 0.5) is 11.4 Å². The standard InChI is InChI=1S/C17H12N2O4S2/c1-23-14-7-5-12(6-8-14)18-16(20)15(25-17(18)24)10-11-3-2-4-13(9-11)19(21)22/h2-10H,1H3/b15-10-. The van der Waals surface area contributed by atoms with E-state index < -0.39 is 4.92 Å². The van der Waals surface area contributed by atoms with Crippen molar-refractivity contribution in [3.8, 4) is 5.75 Å². The van der Waals surface area contributed by atoms with Crippen molar-refractivity contribution < 1.29 is 14.5 Å². The van der Waals surface area contributed by atoms with Crippen molar-refractivity contribution in [3.05, 3.63) is 69.1 Å². The fourth-order valence-corrected chi connectivity index (χ4v) is 3.60. The number of nitrogens with zero attached hydrogens (tertiary/aromatic N) is 2. The lowest BCUT2D eigenvalue weighted by molar-refractivity contribution is -0.384. The van der Waals surface area contributed by atoms with Gasteiger partial charge in [-0.3, -0.25) is 19.8 Å². The van der Waals surface area contributed by atoms with Crippen molar-refractivity contribution in [3.63, 3.8) is 0 Å². The molecule has 0 radical (unpaired) electrons. The Morgan fingerprint density at radius 1 is 1.24 bits per heavy atom. The highest BCUT2D eigenvalue weighted by Crippen LogP contribution is 2.36. The smallest absolute Gasteiger partial charge is 0.270 e. The minimum atomic E-state index is -0.472. The number of thiocarbonyl (C=S) groups is 1. The Bertz CT molecular complexity index is 894. The molecule has 126 valence electrons. The largest absolute Gasteiger partial charge is 0.497 e. The molecule has 1 amide bonds. The van der Waals surface area contributed by atoms with Crippen LogP contribution in [0.3, 0.4) is 0 Å². The number of nitro benzene ring substituents is 1. The van der Waals surface area contributed by atoms with Gasteiger partial charge in [0.25, 0.3) is 11.6 Å². The number of hydrogen-bond acceptors (Lipinski definition) is 6. The Kier molecular flexibility index (Phi) is 4.82. The minimum absolute atomic E-state index is 0.0283. The van der Waals surface area contributed by atoms with E-state index in [1.165, 1.54) is 17.0 Å². The summed E-state index contributed by atoms with van der Waals surface area (Å²) in [6.07, 6.45) is 1.61. The first-order valence-electron chi connectivity index (χ1n) is 7.16. The second kappa shape index (κ2) is 7.04. The maximum Gasteiger partial charge on any atom is 0.270 e. The van der Waals surface area contributed by atoms with Gasteiger partial charge in [-0.15, -0.1) is 0 Å². The van der Waals surface area contributed by atoms with Crippen molar-refractivity contribution in [1.29, 1.82) is 0 Å². The topological polar surface area (TPSA) is 72.7 Å². The molecule has 0 spiro atoms. The lowest BCUT2D eigenvalue weighted by Crippen LogP contribution is -2.27. The van der Waals surface area contributed by atoms with Crippen LogP contribution in [0.15, 0.2) is 53.4 Å². The lowest BCUT2D eigenvalue weighted by atomic mass is 10.2. The van der Waals surface area contributed by atoms with Crippen LogP contribution in [-0.4, -0.2) is 22.3 Å². The maximum absolute atomic E-state index is 12.7. The van der Waals surface area contributed by atoms with E-state index in [0.717, 1.165) is 11.8 Å². The van der Waals surface area contributed by atoms with Gasteiger partial charge in [0, 0.05) is 12.1 Å². The first-order chi connectivity index (χ1) is 12.0. The van der Waals surface area contributed by atoms with Gasteiger partial charge >= 0.3 is 0 Å². The molecule has 8 heteroatoms. The summed E-state index contributed by atoms with van der Waals surface area (Å²) in [7, 11) is 1.57. The quantitative estimate of drug-likeness (QED) is 0.349. The van der Waals surface area contributed by atoms with Crippen LogP contribution in [0, 0.1) is 10.1 Å². The molecule has 1 fully saturated rings. The van der Waals surface area contributed by atoms with E-state index in [0.29, 0.717) is 26.2 Å². The van der Waals surface area contributed by atoms with Crippen LogP contribution in [0.1, 0.15) is 5.56 Å². The van der Waals surface area contributed by atoms with Gasteiger partial charge < -0.3 is 4.74 Å². The number of anilines is 1. The third kappa shape index (κ3) is 3.54. The van der Waals surface area contributed by atoms with Crippen LogP contribution < -0.4 is 9.64 Å². The fourth-order valence-electron chi connectivity index (χ4n) is 2.30. The highest BCUT2D eigenvalue weighted by Gasteiger charge is 2.33. The second-order valence-corrected chi connectivity index (χ2v) is 6.74. The van der Waals surface area contributed by atoms with Crippen molar-refractivity contribution in [2.24, 2.45) is 0 Å². The van der Waals surface area contributed by atoms with Gasteiger partial charge in [-0.1, -0.05) is 36.1 Å². The fraction of sp³-hybridized carbons (Fsp3) is 0.0588. The van der Waals surface area contributed by atoms with Crippen molar-refractivity contribution in [2.75, 3.05) is 12.0 Å². The highest BCUT2D eigenvalue weighted by atomic mass is 32.2. The second-order valence-electron chi connectivity index (χ2n) is 5.07. The highest BCUT2D eigenvalue weighted by molar-refractivity contribution is 8.27. The number of thioether (sulfide) groups is 1. The minimum Gasteiger partial charge on any atom is -0.497 e. The third-order valence-corrected chi connectivity index (χ3v) is 4.81. The van der Waals surface area contributed by atoms with E-state index in [4.69, 9.17) is 17.0 Å². The first kappa shape index (κ1) is 17.1. The zero-order chi connectivity index (χ0) is 18.0. The van der Waals surface area contributed by atoms with E-state index >= 15 is 0 Å². The Labute approximate surface area is 153 Å². The average Bonchev–Trinajstić information content (AvgIpc) is 2.89. The van der Waals surface area contributed by atoms with Gasteiger partial charge in [0.05, 0.1) is 22.6 Å². The summed E-state index contributed by atoms with van der Waals surface area (Å²) in [5.74, 6) is 0.424. The molecule has 3 rings (SSSR count). The summed E-state index contributed by atoms with van der Waals surface area (Å²) >= 11 is 6.47. The summed E-state index contributed by atoms with van der Waals surface area (Å²) in [5, 5.41) is 10.9. The number of hydrogen-bond donors (Lipinski definition) is 0. The molecule has 0 saturated carbocycles. The van der Waals surface area contributed by atoms with E-state index in [9.17, 15) is 14.9 Å². The molecule has 0 aliphatic carbocycles. The predicted molar refractivity (Wildman–Crippen MR) is 102 cm³/mol. The van der Waals surface area contributed by atoms with Crippen LogP contribution in [0.5, 0.6) is 5.75 Å². The van der Waals surface area contributed by atoms with Gasteiger partial charge in [0.2, 0.25) is 0 Å². The Morgan fingerprint density at radius 2 is 1.96 bits per heavy atom. The van der Waals surface area contributed by atoms with Crippen LogP contribution >= 0.6 is 24.0 Å². The molecule has 2 aromatic carbocycles. The van der Waals surface area contributed by atoms with Crippen LogP contribution in [0.25, 0.3) is 6.08 Å². The zero-order valence-corrected chi connectivity index (χ0v) is 14.7. The number of methoxy groups -OCH3 is 1. The molecule has 6 nitrogen and oxygen atoms in total. The first-order valence-corrected chi connectivity index (χ1v) is 8.38. The summed E-state index contributed by atoms with van der Waals surface area (Å²) in [4.78, 5) is 24.9. The van der Waals surface area contributed by atoms with Crippen molar-refractivity contribution in [1.82, 2.24) is 0 Å². The van der Waals surface area contributed by atoms with E-state index in [1.807, 2.05) is 0 Å². The van der Waals surface area contributed by atoms with Gasteiger partial charge in [-0.05, 0) is 35.9 Å². The zero-order valence-electron chi connectivity index (χ0n) is 13.0.